The molecule has 1 unspecified atom stereocenters. The molecule has 2 nitrogen and oxygen atoms in total. The average Bonchev–Trinajstić information content (AvgIpc) is 0.811. The SMILES string of the molecule is F.O=S([O-])F. The molecule has 0 N–H and O–H groups in total. The third kappa shape index (κ3) is 17100. The Hall–Kier alpha value is -0.0300. The molecular formula is HF2O2S-. The first kappa shape index (κ1) is 8.88. The molecule has 0 saturated carbocycles. The summed E-state index contributed by atoms with van der Waals surface area (Å²) in [6, 6.07) is 0. The van der Waals surface area contributed by atoms with Crippen LogP contribution in [0.5, 0.6) is 0 Å². The molecule has 1 atom stereocenters. The van der Waals surface area contributed by atoms with E-state index < -0.39 is 11.5 Å². The first-order valence-electron chi connectivity index (χ1n) is 0.488. The van der Waals surface area contributed by atoms with Gasteiger partial charge in [0.15, 0.2) is 0 Å². The van der Waals surface area contributed by atoms with Crippen LogP contribution in [0.2, 0.25) is 0 Å². The molecular weight excluding hydrogens is 102 g/mol. The molecule has 0 heterocycles. The lowest BCUT2D eigenvalue weighted by molar-refractivity contribution is 0.493. The molecule has 0 fully saturated rings. The highest BCUT2D eigenvalue weighted by Crippen LogP contribution is 1.61. The monoisotopic (exact) mass is 103 g/mol. The Bertz CT molecular complexity index is 30.6. The second-order valence-electron chi connectivity index (χ2n) is 0.194. The van der Waals surface area contributed by atoms with Crippen molar-refractivity contribution in [2.45, 2.75) is 0 Å². The van der Waals surface area contributed by atoms with Gasteiger partial charge in [-0.2, -0.15) is 0 Å². The van der Waals surface area contributed by atoms with Crippen molar-refractivity contribution in [2.75, 3.05) is 0 Å². The van der Waals surface area contributed by atoms with Crippen LogP contribution in [0.4, 0.5) is 8.59 Å². The van der Waals surface area contributed by atoms with Gasteiger partial charge >= 0.3 is 0 Å². The lowest BCUT2D eigenvalue weighted by Gasteiger charge is -1.78. The molecule has 0 saturated heterocycles. The fourth-order valence-corrected chi connectivity index (χ4v) is 0. The van der Waals surface area contributed by atoms with Crippen LogP contribution in [0.15, 0.2) is 0 Å². The van der Waals surface area contributed by atoms with Crippen molar-refractivity contribution in [3.05, 3.63) is 0 Å². The third-order valence-electron chi connectivity index (χ3n) is 0. The van der Waals surface area contributed by atoms with Crippen LogP contribution >= 0.6 is 0 Å². The quantitative estimate of drug-likeness (QED) is 0.317. The van der Waals surface area contributed by atoms with Crippen molar-refractivity contribution in [3.63, 3.8) is 0 Å². The van der Waals surface area contributed by atoms with E-state index in [1.165, 1.54) is 0 Å². The molecule has 0 amide bonds. The van der Waals surface area contributed by atoms with Crippen LogP contribution in [0.3, 0.4) is 0 Å². The maximum absolute atomic E-state index is 9.92. The van der Waals surface area contributed by atoms with Crippen LogP contribution in [0, 0.1) is 0 Å². The van der Waals surface area contributed by atoms with E-state index in [1.54, 1.807) is 0 Å². The largest absolute Gasteiger partial charge is 0.746 e. The van der Waals surface area contributed by atoms with E-state index in [-0.39, 0.29) is 4.70 Å². The number of rotatable bonds is 0. The zero-order chi connectivity index (χ0) is 3.58. The van der Waals surface area contributed by atoms with Gasteiger partial charge in [-0.25, -0.2) is 4.21 Å². The summed E-state index contributed by atoms with van der Waals surface area (Å²) in [5.74, 6) is 0. The van der Waals surface area contributed by atoms with Gasteiger partial charge in [-0.1, -0.05) is 0 Å². The fourth-order valence-electron chi connectivity index (χ4n) is 0. The van der Waals surface area contributed by atoms with Gasteiger partial charge in [0.2, 0.25) is 0 Å². The Morgan fingerprint density at radius 1 is 1.80 bits per heavy atom. The lowest BCUT2D eigenvalue weighted by atomic mass is 15.9. The summed E-state index contributed by atoms with van der Waals surface area (Å²) in [5, 5.41) is 0. The van der Waals surface area contributed by atoms with Gasteiger partial charge in [0, 0.05) is 0 Å². The maximum atomic E-state index is 9.92. The summed E-state index contributed by atoms with van der Waals surface area (Å²) in [5.41, 5.74) is 0. The number of halogens is 2. The third-order valence-corrected chi connectivity index (χ3v) is 0. The summed E-state index contributed by atoms with van der Waals surface area (Å²) in [6.45, 7) is 0. The minimum atomic E-state index is -3.36. The highest BCUT2D eigenvalue weighted by molar-refractivity contribution is 7.73. The van der Waals surface area contributed by atoms with Gasteiger partial charge < -0.3 is 4.55 Å². The van der Waals surface area contributed by atoms with E-state index in [0.717, 1.165) is 0 Å². The molecule has 0 radical (unpaired) electrons. The number of hydrogen-bond acceptors (Lipinski definition) is 2. The van der Waals surface area contributed by atoms with E-state index in [1.807, 2.05) is 0 Å². The number of hydrogen-bond donors (Lipinski definition) is 0. The van der Waals surface area contributed by atoms with Gasteiger partial charge in [-0.15, -0.1) is 3.89 Å². The van der Waals surface area contributed by atoms with Crippen molar-refractivity contribution < 1.29 is 17.4 Å². The highest BCUT2D eigenvalue weighted by Gasteiger charge is 1.48. The van der Waals surface area contributed by atoms with Gasteiger partial charge in [0.05, 0.1) is 0 Å². The van der Waals surface area contributed by atoms with E-state index in [2.05, 4.69) is 0 Å². The maximum Gasteiger partial charge on any atom is 0.132 e. The fraction of sp³-hybridized carbons (Fsp3) is 0. The molecule has 0 aromatic rings. The smallest absolute Gasteiger partial charge is 0.132 e. The average molecular weight is 103 g/mol. The summed E-state index contributed by atoms with van der Waals surface area (Å²) in [6.07, 6.45) is 0. The molecule has 0 bridgehead atoms. The van der Waals surface area contributed by atoms with Crippen LogP contribution < -0.4 is 0 Å². The van der Waals surface area contributed by atoms with E-state index in [9.17, 15) is 3.89 Å². The van der Waals surface area contributed by atoms with Gasteiger partial charge in [0.1, 0.15) is 11.5 Å². The van der Waals surface area contributed by atoms with Crippen molar-refractivity contribution in [2.24, 2.45) is 0 Å². The summed E-state index contributed by atoms with van der Waals surface area (Å²) >= 11 is -3.36. The minimum absolute atomic E-state index is 0. The second kappa shape index (κ2) is 3.97. The van der Waals surface area contributed by atoms with Gasteiger partial charge in [0.25, 0.3) is 0 Å². The van der Waals surface area contributed by atoms with E-state index >= 15 is 0 Å². The summed E-state index contributed by atoms with van der Waals surface area (Å²) in [4.78, 5) is 0. The van der Waals surface area contributed by atoms with E-state index in [4.69, 9.17) is 8.76 Å². The zero-order valence-electron chi connectivity index (χ0n) is 2.01. The minimum Gasteiger partial charge on any atom is -0.746 e. The first-order chi connectivity index (χ1) is 1.73. The molecule has 0 aliphatic heterocycles. The standard InChI is InChI=1S/FHO2S.FH/c1-4(2)3;/h(H,2,3);1H/p-1. The van der Waals surface area contributed by atoms with Crippen LogP contribution in [-0.2, 0) is 11.5 Å². The highest BCUT2D eigenvalue weighted by atomic mass is 32.2. The van der Waals surface area contributed by atoms with Gasteiger partial charge in [-0.3, -0.25) is 4.70 Å². The van der Waals surface area contributed by atoms with Crippen molar-refractivity contribution in [3.8, 4) is 0 Å². The zero-order valence-corrected chi connectivity index (χ0v) is 2.83. The van der Waals surface area contributed by atoms with E-state index in [0.29, 0.717) is 0 Å². The molecule has 34 valence electrons. The Labute approximate surface area is 29.9 Å². The molecule has 0 spiro atoms. The van der Waals surface area contributed by atoms with Crippen LogP contribution in [0.25, 0.3) is 0 Å². The first-order valence-corrected chi connectivity index (χ1v) is 1.46. The summed E-state index contributed by atoms with van der Waals surface area (Å²) < 4.78 is 26.6. The molecule has 5 heavy (non-hydrogen) atoms. The van der Waals surface area contributed by atoms with Crippen molar-refractivity contribution >= 4 is 11.5 Å². The molecule has 0 aromatic carbocycles. The Morgan fingerprint density at radius 2 is 1.80 bits per heavy atom. The van der Waals surface area contributed by atoms with Crippen LogP contribution in [0.1, 0.15) is 0 Å². The topological polar surface area (TPSA) is 40.1 Å². The van der Waals surface area contributed by atoms with Gasteiger partial charge in [-0.05, 0) is 0 Å². The van der Waals surface area contributed by atoms with Crippen LogP contribution in [-0.4, -0.2) is 8.76 Å². The Kier molecular flexibility index (Phi) is 7.05. The summed E-state index contributed by atoms with van der Waals surface area (Å²) in [7, 11) is 0. The molecule has 0 aromatic heterocycles. The lowest BCUT2D eigenvalue weighted by Crippen LogP contribution is -1.64. The second-order valence-corrected chi connectivity index (χ2v) is 0.582. The molecule has 0 aliphatic rings. The van der Waals surface area contributed by atoms with Crippen molar-refractivity contribution in [1.29, 1.82) is 0 Å². The predicted octanol–water partition coefficient (Wildman–Crippen LogP) is -0.0975. The normalized spacial score (nSPS) is 12.4. The Balaban J connectivity index is 0. The molecule has 0 rings (SSSR count). The Morgan fingerprint density at radius 3 is 1.80 bits per heavy atom. The predicted molar refractivity (Wildman–Crippen MR) is 12.5 cm³/mol. The molecule has 0 aliphatic carbocycles. The van der Waals surface area contributed by atoms with Crippen molar-refractivity contribution in [1.82, 2.24) is 0 Å². The molecule has 5 heteroatoms.